The van der Waals surface area contributed by atoms with Gasteiger partial charge in [-0.2, -0.15) is 0 Å². The van der Waals surface area contributed by atoms with Crippen LogP contribution in [0.3, 0.4) is 0 Å². The Balaban J connectivity index is 2.08. The van der Waals surface area contributed by atoms with Crippen LogP contribution in [0.25, 0.3) is 0 Å². The molecule has 18 heavy (non-hydrogen) atoms. The van der Waals surface area contributed by atoms with Crippen LogP contribution in [0.4, 0.5) is 17.3 Å². The lowest BCUT2D eigenvalue weighted by Crippen LogP contribution is -2.17. The zero-order valence-corrected chi connectivity index (χ0v) is 10.6. The van der Waals surface area contributed by atoms with Crippen molar-refractivity contribution in [3.8, 4) is 0 Å². The van der Waals surface area contributed by atoms with Gasteiger partial charge in [-0.3, -0.25) is 0 Å². The summed E-state index contributed by atoms with van der Waals surface area (Å²) >= 11 is 0. The molecule has 0 saturated heterocycles. The highest BCUT2D eigenvalue weighted by Gasteiger charge is 2.22. The molecule has 1 aliphatic rings. The lowest BCUT2D eigenvalue weighted by Gasteiger charge is -2.21. The highest BCUT2D eigenvalue weighted by Crippen LogP contribution is 2.35. The molecule has 1 aromatic carbocycles. The van der Waals surface area contributed by atoms with Crippen LogP contribution in [-0.4, -0.2) is 23.6 Å². The third-order valence-corrected chi connectivity index (χ3v) is 3.44. The molecule has 2 aromatic rings. The minimum absolute atomic E-state index is 0.893. The molecule has 0 bridgehead atoms. The predicted octanol–water partition coefficient (Wildman–Crippen LogP) is 2.52. The van der Waals surface area contributed by atoms with Crippen LogP contribution in [0.15, 0.2) is 30.6 Å². The minimum atomic E-state index is 0.893. The van der Waals surface area contributed by atoms with Crippen LogP contribution >= 0.6 is 0 Å². The summed E-state index contributed by atoms with van der Waals surface area (Å²) in [5.41, 5.74) is 3.75. The van der Waals surface area contributed by atoms with Crippen molar-refractivity contribution in [2.24, 2.45) is 0 Å². The Morgan fingerprint density at radius 2 is 2.06 bits per heavy atom. The largest absolute Gasteiger partial charge is 0.373 e. The van der Waals surface area contributed by atoms with Crippen LogP contribution in [-0.2, 0) is 6.42 Å². The summed E-state index contributed by atoms with van der Waals surface area (Å²) in [6.07, 6.45) is 2.70. The van der Waals surface area contributed by atoms with Gasteiger partial charge in [-0.25, -0.2) is 9.97 Å². The van der Waals surface area contributed by atoms with E-state index in [1.165, 1.54) is 11.3 Å². The summed E-state index contributed by atoms with van der Waals surface area (Å²) in [6.45, 7) is 3.04. The molecule has 0 radical (unpaired) electrons. The smallest absolute Gasteiger partial charge is 0.141 e. The van der Waals surface area contributed by atoms with E-state index in [9.17, 15) is 0 Å². The number of anilines is 3. The van der Waals surface area contributed by atoms with Crippen molar-refractivity contribution >= 4 is 17.3 Å². The topological polar surface area (TPSA) is 41.1 Å². The van der Waals surface area contributed by atoms with Gasteiger partial charge in [0.2, 0.25) is 0 Å². The molecule has 1 aromatic heterocycles. The van der Waals surface area contributed by atoms with Gasteiger partial charge in [-0.15, -0.1) is 0 Å². The van der Waals surface area contributed by atoms with Gasteiger partial charge in [0, 0.05) is 24.8 Å². The van der Waals surface area contributed by atoms with Crippen molar-refractivity contribution in [2.45, 2.75) is 13.3 Å². The molecule has 3 rings (SSSR count). The zero-order chi connectivity index (χ0) is 12.5. The summed E-state index contributed by atoms with van der Waals surface area (Å²) in [6, 6.07) is 8.51. The summed E-state index contributed by atoms with van der Waals surface area (Å²) < 4.78 is 0. The molecule has 0 saturated carbocycles. The van der Waals surface area contributed by atoms with Crippen LogP contribution in [0.5, 0.6) is 0 Å². The summed E-state index contributed by atoms with van der Waals surface area (Å²) in [4.78, 5) is 10.9. The lowest BCUT2D eigenvalue weighted by molar-refractivity contribution is 0.954. The number of nitrogens with zero attached hydrogens (tertiary/aromatic N) is 3. The first-order valence-corrected chi connectivity index (χ1v) is 6.16. The van der Waals surface area contributed by atoms with Gasteiger partial charge in [-0.05, 0) is 25.0 Å². The van der Waals surface area contributed by atoms with Crippen LogP contribution in [0.1, 0.15) is 11.1 Å². The number of rotatable bonds is 2. The fourth-order valence-corrected chi connectivity index (χ4v) is 2.52. The van der Waals surface area contributed by atoms with E-state index >= 15 is 0 Å². The predicted molar refractivity (Wildman–Crippen MR) is 73.5 cm³/mol. The molecule has 92 valence electrons. The number of fused-ring (bicyclic) bond motifs is 1. The monoisotopic (exact) mass is 240 g/mol. The third-order valence-electron chi connectivity index (χ3n) is 3.44. The second-order valence-electron chi connectivity index (χ2n) is 4.45. The number of nitrogens with one attached hydrogen (secondary N) is 1. The number of para-hydroxylation sites is 1. The first kappa shape index (κ1) is 11.0. The fraction of sp³-hybridized carbons (Fsp3) is 0.286. The number of hydrogen-bond donors (Lipinski definition) is 1. The van der Waals surface area contributed by atoms with Gasteiger partial charge in [0.1, 0.15) is 18.0 Å². The van der Waals surface area contributed by atoms with Crippen molar-refractivity contribution in [1.82, 2.24) is 9.97 Å². The first-order valence-electron chi connectivity index (χ1n) is 6.16. The maximum Gasteiger partial charge on any atom is 0.141 e. The highest BCUT2D eigenvalue weighted by atomic mass is 15.2. The average Bonchev–Trinajstić information content (AvgIpc) is 2.83. The number of hydrogen-bond acceptors (Lipinski definition) is 4. The molecule has 0 fully saturated rings. The Hall–Kier alpha value is -2.10. The van der Waals surface area contributed by atoms with Crippen molar-refractivity contribution in [1.29, 1.82) is 0 Å². The lowest BCUT2D eigenvalue weighted by atomic mass is 10.2. The Morgan fingerprint density at radius 1 is 1.22 bits per heavy atom. The van der Waals surface area contributed by atoms with Gasteiger partial charge in [-0.1, -0.05) is 18.2 Å². The SMILES string of the molecule is CNc1ncnc(N2CCc3ccccc32)c1C. The number of benzene rings is 1. The Kier molecular flexibility index (Phi) is 2.63. The van der Waals surface area contributed by atoms with Gasteiger partial charge < -0.3 is 10.2 Å². The third kappa shape index (κ3) is 1.61. The molecule has 0 atom stereocenters. The molecule has 0 spiro atoms. The molecule has 1 aliphatic heterocycles. The molecule has 4 heteroatoms. The molecule has 0 amide bonds. The standard InChI is InChI=1S/C14H16N4/c1-10-13(15-2)16-9-17-14(10)18-8-7-11-5-3-4-6-12(11)18/h3-6,9H,7-8H2,1-2H3,(H,15,16,17). The maximum atomic E-state index is 4.44. The zero-order valence-electron chi connectivity index (χ0n) is 10.6. The Morgan fingerprint density at radius 3 is 2.89 bits per heavy atom. The minimum Gasteiger partial charge on any atom is -0.373 e. The normalized spacial score (nSPS) is 13.6. The summed E-state index contributed by atoms with van der Waals surface area (Å²) in [7, 11) is 1.89. The van der Waals surface area contributed by atoms with E-state index in [1.54, 1.807) is 6.33 Å². The Bertz CT molecular complexity index is 580. The van der Waals surface area contributed by atoms with E-state index in [2.05, 4.69) is 51.4 Å². The second kappa shape index (κ2) is 4.29. The van der Waals surface area contributed by atoms with E-state index in [-0.39, 0.29) is 0 Å². The van der Waals surface area contributed by atoms with E-state index in [0.717, 1.165) is 30.2 Å². The van der Waals surface area contributed by atoms with Gasteiger partial charge >= 0.3 is 0 Å². The molecule has 4 nitrogen and oxygen atoms in total. The van der Waals surface area contributed by atoms with E-state index < -0.39 is 0 Å². The quantitative estimate of drug-likeness (QED) is 0.875. The molecule has 0 unspecified atom stereocenters. The average molecular weight is 240 g/mol. The van der Waals surface area contributed by atoms with Gasteiger partial charge in [0.15, 0.2) is 0 Å². The van der Waals surface area contributed by atoms with E-state index in [0.29, 0.717) is 0 Å². The van der Waals surface area contributed by atoms with E-state index in [1.807, 2.05) is 7.05 Å². The van der Waals surface area contributed by atoms with Crippen molar-refractivity contribution in [2.75, 3.05) is 23.8 Å². The van der Waals surface area contributed by atoms with Gasteiger partial charge in [0.25, 0.3) is 0 Å². The Labute approximate surface area is 107 Å². The summed E-state index contributed by atoms with van der Waals surface area (Å²) in [5.74, 6) is 1.89. The van der Waals surface area contributed by atoms with Crippen LogP contribution in [0.2, 0.25) is 0 Å². The molecule has 1 N–H and O–H groups in total. The first-order chi connectivity index (χ1) is 8.81. The van der Waals surface area contributed by atoms with E-state index in [4.69, 9.17) is 0 Å². The molecular formula is C14H16N4. The van der Waals surface area contributed by atoms with Gasteiger partial charge in [0.05, 0.1) is 0 Å². The van der Waals surface area contributed by atoms with Crippen LogP contribution in [0, 0.1) is 6.92 Å². The van der Waals surface area contributed by atoms with Crippen molar-refractivity contribution in [3.05, 3.63) is 41.7 Å². The second-order valence-corrected chi connectivity index (χ2v) is 4.45. The molecule has 2 heterocycles. The molecular weight excluding hydrogens is 224 g/mol. The maximum absolute atomic E-state index is 4.44. The number of aromatic nitrogens is 2. The van der Waals surface area contributed by atoms with Crippen LogP contribution < -0.4 is 10.2 Å². The van der Waals surface area contributed by atoms with Crippen molar-refractivity contribution < 1.29 is 0 Å². The highest BCUT2D eigenvalue weighted by molar-refractivity contribution is 5.71. The summed E-state index contributed by atoms with van der Waals surface area (Å²) in [5, 5.41) is 3.11. The molecule has 0 aliphatic carbocycles. The fourth-order valence-electron chi connectivity index (χ4n) is 2.52. The van der Waals surface area contributed by atoms with Crippen molar-refractivity contribution in [3.63, 3.8) is 0 Å².